The molecule has 0 aromatic heterocycles. The molecule has 0 bridgehead atoms. The molecule has 0 fully saturated rings. The highest BCUT2D eigenvalue weighted by Crippen LogP contribution is 2.36. The first-order valence-electron chi connectivity index (χ1n) is 8.00. The molecular formula is C21H24O3. The van der Waals surface area contributed by atoms with Crippen LogP contribution in [0.3, 0.4) is 0 Å². The smallest absolute Gasteiger partial charge is 0.315 e. The number of rotatable bonds is 6. The van der Waals surface area contributed by atoms with Gasteiger partial charge < -0.3 is 9.84 Å². The molecule has 24 heavy (non-hydrogen) atoms. The third kappa shape index (κ3) is 4.05. The summed E-state index contributed by atoms with van der Waals surface area (Å²) in [5, 5.41) is 9.85. The monoisotopic (exact) mass is 324 g/mol. The Labute approximate surface area is 143 Å². The molecule has 1 atom stereocenters. The van der Waals surface area contributed by atoms with Gasteiger partial charge in [-0.25, -0.2) is 0 Å². The largest absolute Gasteiger partial charge is 0.489 e. The molecule has 2 aromatic carbocycles. The third-order valence-corrected chi connectivity index (χ3v) is 3.92. The minimum absolute atomic E-state index is 0.0779. The van der Waals surface area contributed by atoms with Gasteiger partial charge in [-0.1, -0.05) is 75.9 Å². The zero-order valence-electron chi connectivity index (χ0n) is 14.5. The summed E-state index contributed by atoms with van der Waals surface area (Å²) >= 11 is 0. The maximum atomic E-state index is 12.0. The molecule has 0 saturated carbocycles. The quantitative estimate of drug-likeness (QED) is 0.779. The number of benzene rings is 2. The van der Waals surface area contributed by atoms with Gasteiger partial charge in [0, 0.05) is 5.56 Å². The van der Waals surface area contributed by atoms with E-state index in [0.29, 0.717) is 17.9 Å². The van der Waals surface area contributed by atoms with E-state index in [2.05, 4.69) is 27.4 Å². The first-order chi connectivity index (χ1) is 11.3. The minimum Gasteiger partial charge on any atom is -0.489 e. The van der Waals surface area contributed by atoms with E-state index < -0.39 is 11.9 Å². The summed E-state index contributed by atoms with van der Waals surface area (Å²) in [6.07, 6.45) is 1.65. The number of carboxylic acids is 1. The molecule has 0 aliphatic rings. The van der Waals surface area contributed by atoms with Crippen LogP contribution in [0, 0.1) is 0 Å². The number of aliphatic carboxylic acids is 1. The third-order valence-electron chi connectivity index (χ3n) is 3.92. The van der Waals surface area contributed by atoms with Gasteiger partial charge in [0.15, 0.2) is 0 Å². The van der Waals surface area contributed by atoms with Gasteiger partial charge in [-0.3, -0.25) is 4.79 Å². The molecule has 0 spiro atoms. The molecule has 0 saturated heterocycles. The molecule has 0 aliphatic carbocycles. The van der Waals surface area contributed by atoms with Gasteiger partial charge in [-0.15, -0.1) is 0 Å². The van der Waals surface area contributed by atoms with Crippen LogP contribution in [-0.4, -0.2) is 17.7 Å². The van der Waals surface area contributed by atoms with Crippen LogP contribution in [-0.2, 0) is 10.2 Å². The molecule has 3 heteroatoms. The summed E-state index contributed by atoms with van der Waals surface area (Å²) in [6.45, 7) is 10.3. The lowest BCUT2D eigenvalue weighted by Crippen LogP contribution is -2.17. The Morgan fingerprint density at radius 1 is 1.21 bits per heavy atom. The van der Waals surface area contributed by atoms with E-state index >= 15 is 0 Å². The van der Waals surface area contributed by atoms with Crippen LogP contribution in [0.2, 0.25) is 0 Å². The van der Waals surface area contributed by atoms with E-state index in [1.54, 1.807) is 6.08 Å². The highest BCUT2D eigenvalue weighted by Gasteiger charge is 2.27. The van der Waals surface area contributed by atoms with Crippen molar-refractivity contribution in [1.29, 1.82) is 0 Å². The summed E-state index contributed by atoms with van der Waals surface area (Å²) in [5.41, 5.74) is 2.40. The predicted octanol–water partition coefficient (Wildman–Crippen LogP) is 4.77. The Kier molecular flexibility index (Phi) is 5.45. The van der Waals surface area contributed by atoms with E-state index in [-0.39, 0.29) is 5.41 Å². The molecule has 126 valence electrons. The van der Waals surface area contributed by atoms with Gasteiger partial charge in [0.05, 0.1) is 0 Å². The molecule has 0 aliphatic heterocycles. The molecule has 0 heterocycles. The van der Waals surface area contributed by atoms with Gasteiger partial charge in [0.2, 0.25) is 0 Å². The minimum atomic E-state index is -0.893. The van der Waals surface area contributed by atoms with E-state index in [1.165, 1.54) is 0 Å². The summed E-state index contributed by atoms with van der Waals surface area (Å²) in [4.78, 5) is 12.0. The zero-order valence-corrected chi connectivity index (χ0v) is 14.5. The Balaban J connectivity index is 2.61. The van der Waals surface area contributed by atoms with Crippen molar-refractivity contribution in [3.05, 3.63) is 77.9 Å². The Bertz CT molecular complexity index is 712. The normalized spacial score (nSPS) is 12.5. The van der Waals surface area contributed by atoms with Crippen molar-refractivity contribution in [3.8, 4) is 5.75 Å². The predicted molar refractivity (Wildman–Crippen MR) is 96.8 cm³/mol. The van der Waals surface area contributed by atoms with Crippen LogP contribution in [0.25, 0.3) is 0 Å². The average Bonchev–Trinajstić information content (AvgIpc) is 2.53. The van der Waals surface area contributed by atoms with Gasteiger partial charge in [-0.2, -0.15) is 0 Å². The summed E-state index contributed by atoms with van der Waals surface area (Å²) in [7, 11) is 0. The molecular weight excluding hydrogens is 300 g/mol. The van der Waals surface area contributed by atoms with Gasteiger partial charge >= 0.3 is 5.97 Å². The van der Waals surface area contributed by atoms with E-state index in [0.717, 1.165) is 11.1 Å². The lowest BCUT2D eigenvalue weighted by molar-refractivity contribution is -0.137. The SMILES string of the molecule is C=CCOc1ccc(C(C)(C)C)cc1C(C(=O)O)c1ccccc1. The second-order valence-electron chi connectivity index (χ2n) is 6.78. The van der Waals surface area contributed by atoms with Crippen molar-refractivity contribution in [2.75, 3.05) is 6.61 Å². The van der Waals surface area contributed by atoms with E-state index in [1.807, 2.05) is 48.5 Å². The van der Waals surface area contributed by atoms with Gasteiger partial charge in [0.25, 0.3) is 0 Å². The Hall–Kier alpha value is -2.55. The molecule has 1 N–H and O–H groups in total. The zero-order chi connectivity index (χ0) is 17.7. The second-order valence-corrected chi connectivity index (χ2v) is 6.78. The summed E-state index contributed by atoms with van der Waals surface area (Å²) < 4.78 is 5.73. The van der Waals surface area contributed by atoms with Crippen molar-refractivity contribution in [1.82, 2.24) is 0 Å². The van der Waals surface area contributed by atoms with Gasteiger partial charge in [-0.05, 0) is 22.6 Å². The Morgan fingerprint density at radius 2 is 1.88 bits per heavy atom. The number of carbonyl (C=O) groups is 1. The van der Waals surface area contributed by atoms with Crippen molar-refractivity contribution in [3.63, 3.8) is 0 Å². The van der Waals surface area contributed by atoms with Crippen molar-refractivity contribution < 1.29 is 14.6 Å². The second kappa shape index (κ2) is 7.35. The fourth-order valence-corrected chi connectivity index (χ4v) is 2.62. The van der Waals surface area contributed by atoms with Crippen LogP contribution < -0.4 is 4.74 Å². The number of hydrogen-bond donors (Lipinski definition) is 1. The number of carboxylic acid groups (broad SMARTS) is 1. The first-order valence-corrected chi connectivity index (χ1v) is 8.00. The molecule has 0 amide bonds. The molecule has 0 radical (unpaired) electrons. The fourth-order valence-electron chi connectivity index (χ4n) is 2.62. The first kappa shape index (κ1) is 17.8. The van der Waals surface area contributed by atoms with Crippen LogP contribution in [0.4, 0.5) is 0 Å². The van der Waals surface area contributed by atoms with E-state index in [4.69, 9.17) is 4.74 Å². The van der Waals surface area contributed by atoms with Crippen LogP contribution in [0.5, 0.6) is 5.75 Å². The van der Waals surface area contributed by atoms with Crippen molar-refractivity contribution in [2.24, 2.45) is 0 Å². The summed E-state index contributed by atoms with van der Waals surface area (Å²) in [5.74, 6) is -1.08. The maximum absolute atomic E-state index is 12.0. The molecule has 1 unspecified atom stereocenters. The average molecular weight is 324 g/mol. The number of hydrogen-bond acceptors (Lipinski definition) is 2. The maximum Gasteiger partial charge on any atom is 0.315 e. The van der Waals surface area contributed by atoms with Crippen LogP contribution in [0.1, 0.15) is 43.4 Å². The lowest BCUT2D eigenvalue weighted by atomic mass is 9.82. The highest BCUT2D eigenvalue weighted by molar-refractivity contribution is 5.81. The van der Waals surface area contributed by atoms with Crippen molar-refractivity contribution >= 4 is 5.97 Å². The van der Waals surface area contributed by atoms with Gasteiger partial charge in [0.1, 0.15) is 18.3 Å². The summed E-state index contributed by atoms with van der Waals surface area (Å²) in [6, 6.07) is 15.0. The topological polar surface area (TPSA) is 46.5 Å². The molecule has 2 rings (SSSR count). The van der Waals surface area contributed by atoms with Crippen LogP contribution in [0.15, 0.2) is 61.2 Å². The van der Waals surface area contributed by atoms with Crippen molar-refractivity contribution in [2.45, 2.75) is 32.1 Å². The molecule has 2 aromatic rings. The van der Waals surface area contributed by atoms with Crippen LogP contribution >= 0.6 is 0 Å². The fraction of sp³-hybridized carbons (Fsp3) is 0.286. The van der Waals surface area contributed by atoms with E-state index in [9.17, 15) is 9.90 Å². The molecule has 3 nitrogen and oxygen atoms in total. The lowest BCUT2D eigenvalue weighted by Gasteiger charge is -2.24. The standard InChI is InChI=1S/C21H24O3/c1-5-13-24-18-12-11-16(21(2,3)4)14-17(18)19(20(22)23)15-9-7-6-8-10-15/h5-12,14,19H,1,13H2,2-4H3,(H,22,23). The Morgan fingerprint density at radius 3 is 2.42 bits per heavy atom. The number of ether oxygens (including phenoxy) is 1. The highest BCUT2D eigenvalue weighted by atomic mass is 16.5.